The van der Waals surface area contributed by atoms with Crippen LogP contribution in [0.15, 0.2) is 18.5 Å². The lowest BCUT2D eigenvalue weighted by atomic mass is 10.5. The van der Waals surface area contributed by atoms with Crippen molar-refractivity contribution >= 4 is 11.9 Å². The largest absolute Gasteiger partial charge is 0.468 e. The molecular formula is C8H11N3O3. The third-order valence-corrected chi connectivity index (χ3v) is 1.52. The summed E-state index contributed by atoms with van der Waals surface area (Å²) in [5, 5.41) is 6.24. The SMILES string of the molecule is COC(=O)CNC(=O)Cn1cccn1. The number of methoxy groups -OCH3 is 1. The minimum absolute atomic E-state index is 0.101. The van der Waals surface area contributed by atoms with Crippen molar-refractivity contribution in [1.29, 1.82) is 0 Å². The molecule has 14 heavy (non-hydrogen) atoms. The van der Waals surface area contributed by atoms with Gasteiger partial charge in [0, 0.05) is 12.4 Å². The predicted octanol–water partition coefficient (Wildman–Crippen LogP) is -0.828. The summed E-state index contributed by atoms with van der Waals surface area (Å²) in [6, 6.07) is 1.72. The summed E-state index contributed by atoms with van der Waals surface area (Å²) in [4.78, 5) is 21.8. The molecule has 0 saturated carbocycles. The van der Waals surface area contributed by atoms with Crippen LogP contribution in [0.4, 0.5) is 0 Å². The number of ether oxygens (including phenoxy) is 1. The molecule has 0 aliphatic rings. The Kier molecular flexibility index (Phi) is 3.66. The van der Waals surface area contributed by atoms with E-state index in [2.05, 4.69) is 15.2 Å². The minimum Gasteiger partial charge on any atom is -0.468 e. The Labute approximate surface area is 80.8 Å². The summed E-state index contributed by atoms with van der Waals surface area (Å²) in [7, 11) is 1.27. The maximum atomic E-state index is 11.2. The molecule has 1 aromatic heterocycles. The second-order valence-electron chi connectivity index (χ2n) is 2.56. The molecular weight excluding hydrogens is 186 g/mol. The highest BCUT2D eigenvalue weighted by Gasteiger charge is 2.05. The quantitative estimate of drug-likeness (QED) is 0.639. The fraction of sp³-hybridized carbons (Fsp3) is 0.375. The second-order valence-corrected chi connectivity index (χ2v) is 2.56. The van der Waals surface area contributed by atoms with Crippen LogP contribution in [0.2, 0.25) is 0 Å². The standard InChI is InChI=1S/C8H11N3O3/c1-14-8(13)5-9-7(12)6-11-4-2-3-10-11/h2-4H,5-6H2,1H3,(H,9,12). The first-order chi connectivity index (χ1) is 6.72. The number of hydrogen-bond donors (Lipinski definition) is 1. The molecule has 76 valence electrons. The van der Waals surface area contributed by atoms with E-state index in [1.807, 2.05) is 0 Å². The summed E-state index contributed by atoms with van der Waals surface area (Å²) >= 11 is 0. The Morgan fingerprint density at radius 3 is 2.93 bits per heavy atom. The highest BCUT2D eigenvalue weighted by molar-refractivity contribution is 5.81. The first kappa shape index (κ1) is 10.2. The topological polar surface area (TPSA) is 73.2 Å². The second kappa shape index (κ2) is 5.00. The van der Waals surface area contributed by atoms with Gasteiger partial charge in [-0.3, -0.25) is 14.3 Å². The van der Waals surface area contributed by atoms with Gasteiger partial charge in [0.25, 0.3) is 0 Å². The van der Waals surface area contributed by atoms with E-state index >= 15 is 0 Å². The zero-order chi connectivity index (χ0) is 10.4. The van der Waals surface area contributed by atoms with Gasteiger partial charge in [0.2, 0.25) is 5.91 Å². The minimum atomic E-state index is -0.473. The Hall–Kier alpha value is -1.85. The molecule has 0 radical (unpaired) electrons. The molecule has 6 nitrogen and oxygen atoms in total. The third-order valence-electron chi connectivity index (χ3n) is 1.52. The summed E-state index contributed by atoms with van der Waals surface area (Å²) in [5.74, 6) is -0.752. The van der Waals surface area contributed by atoms with E-state index in [4.69, 9.17) is 0 Å². The molecule has 6 heteroatoms. The smallest absolute Gasteiger partial charge is 0.325 e. The highest BCUT2D eigenvalue weighted by Crippen LogP contribution is 1.83. The predicted molar refractivity (Wildman–Crippen MR) is 47.3 cm³/mol. The maximum absolute atomic E-state index is 11.2. The summed E-state index contributed by atoms with van der Waals surface area (Å²) in [6.45, 7) is -0.0133. The Morgan fingerprint density at radius 1 is 1.57 bits per heavy atom. The molecule has 0 saturated heterocycles. The van der Waals surface area contributed by atoms with Crippen molar-refractivity contribution < 1.29 is 14.3 Å². The number of rotatable bonds is 4. The Balaban J connectivity index is 2.26. The number of hydrogen-bond acceptors (Lipinski definition) is 4. The molecule has 0 fully saturated rings. The van der Waals surface area contributed by atoms with Crippen LogP contribution in [0.5, 0.6) is 0 Å². The van der Waals surface area contributed by atoms with E-state index in [0.29, 0.717) is 0 Å². The number of esters is 1. The van der Waals surface area contributed by atoms with Crippen LogP contribution < -0.4 is 5.32 Å². The number of carbonyl (C=O) groups excluding carboxylic acids is 2. The van der Waals surface area contributed by atoms with Gasteiger partial charge in [-0.05, 0) is 6.07 Å². The molecule has 0 aromatic carbocycles. The van der Waals surface area contributed by atoms with Crippen LogP contribution in [-0.4, -0.2) is 35.3 Å². The maximum Gasteiger partial charge on any atom is 0.325 e. The molecule has 0 atom stereocenters. The lowest BCUT2D eigenvalue weighted by Gasteiger charge is -2.03. The van der Waals surface area contributed by atoms with E-state index in [-0.39, 0.29) is 19.0 Å². The van der Waals surface area contributed by atoms with Gasteiger partial charge >= 0.3 is 5.97 Å². The van der Waals surface area contributed by atoms with Crippen molar-refractivity contribution in [1.82, 2.24) is 15.1 Å². The average Bonchev–Trinajstić information content (AvgIpc) is 2.66. The van der Waals surface area contributed by atoms with E-state index in [1.54, 1.807) is 18.5 Å². The first-order valence-electron chi connectivity index (χ1n) is 4.03. The van der Waals surface area contributed by atoms with Crippen molar-refractivity contribution in [2.45, 2.75) is 6.54 Å². The highest BCUT2D eigenvalue weighted by atomic mass is 16.5. The molecule has 0 unspecified atom stereocenters. The van der Waals surface area contributed by atoms with Gasteiger partial charge in [0.15, 0.2) is 0 Å². The molecule has 0 aliphatic heterocycles. The van der Waals surface area contributed by atoms with E-state index in [1.165, 1.54) is 11.8 Å². The molecule has 0 spiro atoms. The number of aromatic nitrogens is 2. The van der Waals surface area contributed by atoms with Crippen LogP contribution in [-0.2, 0) is 20.9 Å². The average molecular weight is 197 g/mol. The number of nitrogens with zero attached hydrogens (tertiary/aromatic N) is 2. The van der Waals surface area contributed by atoms with Gasteiger partial charge < -0.3 is 10.1 Å². The molecule has 1 amide bonds. The van der Waals surface area contributed by atoms with E-state index in [9.17, 15) is 9.59 Å². The van der Waals surface area contributed by atoms with Gasteiger partial charge in [-0.15, -0.1) is 0 Å². The van der Waals surface area contributed by atoms with Crippen molar-refractivity contribution in [2.24, 2.45) is 0 Å². The van der Waals surface area contributed by atoms with E-state index < -0.39 is 5.97 Å². The normalized spacial score (nSPS) is 9.50. The van der Waals surface area contributed by atoms with Crippen LogP contribution in [0.3, 0.4) is 0 Å². The van der Waals surface area contributed by atoms with Gasteiger partial charge in [0.05, 0.1) is 7.11 Å². The molecule has 1 rings (SSSR count). The lowest BCUT2D eigenvalue weighted by molar-refractivity contribution is -0.141. The monoisotopic (exact) mass is 197 g/mol. The molecule has 1 heterocycles. The van der Waals surface area contributed by atoms with Gasteiger partial charge in [-0.1, -0.05) is 0 Å². The molecule has 0 bridgehead atoms. The first-order valence-corrected chi connectivity index (χ1v) is 4.03. The lowest BCUT2D eigenvalue weighted by Crippen LogP contribution is -2.32. The molecule has 1 aromatic rings. The summed E-state index contributed by atoms with van der Waals surface area (Å²) in [5.41, 5.74) is 0. The van der Waals surface area contributed by atoms with Gasteiger partial charge in [0.1, 0.15) is 13.1 Å². The van der Waals surface area contributed by atoms with Crippen molar-refractivity contribution in [3.05, 3.63) is 18.5 Å². The van der Waals surface area contributed by atoms with Gasteiger partial charge in [-0.2, -0.15) is 5.10 Å². The molecule has 1 N–H and O–H groups in total. The summed E-state index contributed by atoms with van der Waals surface area (Å²) in [6.07, 6.45) is 3.24. The van der Waals surface area contributed by atoms with Crippen molar-refractivity contribution in [3.8, 4) is 0 Å². The number of carbonyl (C=O) groups is 2. The van der Waals surface area contributed by atoms with Crippen molar-refractivity contribution in [2.75, 3.05) is 13.7 Å². The van der Waals surface area contributed by atoms with Crippen LogP contribution >= 0.6 is 0 Å². The zero-order valence-corrected chi connectivity index (χ0v) is 7.77. The fourth-order valence-corrected chi connectivity index (χ4v) is 0.840. The number of nitrogens with one attached hydrogen (secondary N) is 1. The number of amides is 1. The molecule has 0 aliphatic carbocycles. The zero-order valence-electron chi connectivity index (χ0n) is 7.77. The van der Waals surface area contributed by atoms with Gasteiger partial charge in [-0.25, -0.2) is 0 Å². The Morgan fingerprint density at radius 2 is 2.36 bits per heavy atom. The van der Waals surface area contributed by atoms with Crippen molar-refractivity contribution in [3.63, 3.8) is 0 Å². The van der Waals surface area contributed by atoms with Crippen LogP contribution in [0.25, 0.3) is 0 Å². The third kappa shape index (κ3) is 3.26. The van der Waals surface area contributed by atoms with Crippen LogP contribution in [0.1, 0.15) is 0 Å². The summed E-state index contributed by atoms with van der Waals surface area (Å²) < 4.78 is 5.82. The Bertz CT molecular complexity index is 308. The van der Waals surface area contributed by atoms with E-state index in [0.717, 1.165) is 0 Å². The fourth-order valence-electron chi connectivity index (χ4n) is 0.840. The van der Waals surface area contributed by atoms with Crippen LogP contribution in [0, 0.1) is 0 Å².